The van der Waals surface area contributed by atoms with E-state index in [0.29, 0.717) is 32.2 Å². The van der Waals surface area contributed by atoms with Crippen molar-refractivity contribution in [1.82, 2.24) is 14.8 Å². The number of carboxylic acid groups (broad SMARTS) is 1. The lowest BCUT2D eigenvalue weighted by molar-refractivity contribution is -0.138. The van der Waals surface area contributed by atoms with E-state index in [0.717, 1.165) is 22.0 Å². The van der Waals surface area contributed by atoms with E-state index >= 15 is 0 Å². The van der Waals surface area contributed by atoms with E-state index in [4.69, 9.17) is 9.84 Å². The van der Waals surface area contributed by atoms with Crippen molar-refractivity contribution in [2.75, 3.05) is 39.8 Å². The molecule has 1 aliphatic rings. The van der Waals surface area contributed by atoms with Crippen LogP contribution in [-0.2, 0) is 16.0 Å². The van der Waals surface area contributed by atoms with E-state index in [2.05, 4.69) is 18.8 Å². The normalized spacial score (nSPS) is 18.2. The lowest BCUT2D eigenvalue weighted by atomic mass is 10.1. The zero-order valence-electron chi connectivity index (χ0n) is 15.3. The van der Waals surface area contributed by atoms with Crippen LogP contribution in [0.5, 0.6) is 0 Å². The van der Waals surface area contributed by atoms with Crippen molar-refractivity contribution >= 4 is 23.2 Å². The number of thiazole rings is 1. The number of carbonyl (C=O) groups is 2. The van der Waals surface area contributed by atoms with Crippen molar-refractivity contribution in [3.05, 3.63) is 15.6 Å². The number of nitrogens with zero attached hydrogens (tertiary/aromatic N) is 3. The van der Waals surface area contributed by atoms with E-state index in [9.17, 15) is 9.59 Å². The van der Waals surface area contributed by atoms with Crippen LogP contribution < -0.4 is 0 Å². The minimum atomic E-state index is -0.871. The Bertz CT molecular complexity index is 617. The van der Waals surface area contributed by atoms with Crippen molar-refractivity contribution in [2.45, 2.75) is 33.3 Å². The van der Waals surface area contributed by atoms with Crippen LogP contribution in [0.1, 0.15) is 34.2 Å². The molecule has 2 heterocycles. The quantitative estimate of drug-likeness (QED) is 0.784. The van der Waals surface area contributed by atoms with Crippen molar-refractivity contribution in [3.8, 4) is 0 Å². The number of aryl methyl sites for hydroxylation is 1. The Morgan fingerprint density at radius 1 is 1.48 bits per heavy atom. The number of carbonyl (C=O) groups excluding carboxylic acids is 1. The van der Waals surface area contributed by atoms with Gasteiger partial charge in [0.1, 0.15) is 4.88 Å². The highest BCUT2D eigenvalue weighted by molar-refractivity contribution is 7.13. The summed E-state index contributed by atoms with van der Waals surface area (Å²) in [6, 6.07) is 0. The molecule has 8 heteroatoms. The molecule has 2 rings (SSSR count). The molecule has 1 amide bonds. The average Bonchev–Trinajstić information content (AvgIpc) is 2.85. The van der Waals surface area contributed by atoms with Gasteiger partial charge < -0.3 is 14.7 Å². The van der Waals surface area contributed by atoms with Gasteiger partial charge >= 0.3 is 5.97 Å². The fourth-order valence-corrected chi connectivity index (χ4v) is 3.88. The van der Waals surface area contributed by atoms with Gasteiger partial charge in [0, 0.05) is 19.6 Å². The molecule has 1 aliphatic heterocycles. The van der Waals surface area contributed by atoms with Gasteiger partial charge in [-0.3, -0.25) is 14.5 Å². The third-order valence-electron chi connectivity index (χ3n) is 3.95. The minimum absolute atomic E-state index is 0.00966. The largest absolute Gasteiger partial charge is 0.480 e. The second-order valence-corrected chi connectivity index (χ2v) is 8.14. The third kappa shape index (κ3) is 5.76. The van der Waals surface area contributed by atoms with Crippen LogP contribution in [0.3, 0.4) is 0 Å². The first-order valence-electron chi connectivity index (χ1n) is 8.53. The maximum atomic E-state index is 13.0. The molecule has 1 aromatic heterocycles. The molecule has 7 nitrogen and oxygen atoms in total. The third-order valence-corrected chi connectivity index (χ3v) is 4.95. The number of rotatable bonds is 7. The maximum Gasteiger partial charge on any atom is 0.317 e. The lowest BCUT2D eigenvalue weighted by Crippen LogP contribution is -2.49. The summed E-state index contributed by atoms with van der Waals surface area (Å²) in [7, 11) is 1.74. The molecule has 1 fully saturated rings. The van der Waals surface area contributed by atoms with Gasteiger partial charge in [-0.25, -0.2) is 4.98 Å². The van der Waals surface area contributed by atoms with Crippen LogP contribution in [0.15, 0.2) is 0 Å². The summed E-state index contributed by atoms with van der Waals surface area (Å²) < 4.78 is 5.71. The van der Waals surface area contributed by atoms with Gasteiger partial charge in [0.25, 0.3) is 5.91 Å². The summed E-state index contributed by atoms with van der Waals surface area (Å²) in [6.07, 6.45) is 0.616. The van der Waals surface area contributed by atoms with Crippen LogP contribution in [-0.4, -0.2) is 77.7 Å². The van der Waals surface area contributed by atoms with E-state index in [1.807, 2.05) is 6.92 Å². The number of likely N-dealkylation sites (N-methyl/N-ethyl adjacent to an activating group) is 1. The van der Waals surface area contributed by atoms with E-state index in [1.54, 1.807) is 16.8 Å². The van der Waals surface area contributed by atoms with Gasteiger partial charge in [0.2, 0.25) is 0 Å². The molecule has 1 atom stereocenters. The maximum absolute atomic E-state index is 13.0. The summed E-state index contributed by atoms with van der Waals surface area (Å²) in [4.78, 5) is 32.5. The average molecular weight is 369 g/mol. The first-order chi connectivity index (χ1) is 11.8. The van der Waals surface area contributed by atoms with Crippen LogP contribution >= 0.6 is 11.3 Å². The minimum Gasteiger partial charge on any atom is -0.480 e. The van der Waals surface area contributed by atoms with E-state index in [-0.39, 0.29) is 18.6 Å². The van der Waals surface area contributed by atoms with Crippen molar-refractivity contribution in [3.63, 3.8) is 0 Å². The fourth-order valence-electron chi connectivity index (χ4n) is 2.96. The fraction of sp³-hybridized carbons (Fsp3) is 0.706. The summed E-state index contributed by atoms with van der Waals surface area (Å²) in [6.45, 7) is 8.09. The summed E-state index contributed by atoms with van der Waals surface area (Å²) in [5.74, 6) is -0.421. The number of aromatic nitrogens is 1. The second kappa shape index (κ2) is 8.73. The highest BCUT2D eigenvalue weighted by atomic mass is 32.1. The molecule has 0 aliphatic carbocycles. The van der Waals surface area contributed by atoms with Gasteiger partial charge in [0.05, 0.1) is 30.0 Å². The molecule has 25 heavy (non-hydrogen) atoms. The predicted molar refractivity (Wildman–Crippen MR) is 96.2 cm³/mol. The zero-order chi connectivity index (χ0) is 18.6. The second-order valence-electron chi connectivity index (χ2n) is 6.94. The molecule has 0 saturated carbocycles. The van der Waals surface area contributed by atoms with Gasteiger partial charge in [-0.1, -0.05) is 13.8 Å². The summed E-state index contributed by atoms with van der Waals surface area (Å²) in [5.41, 5.74) is 0.883. The number of hydrogen-bond acceptors (Lipinski definition) is 6. The number of morpholine rings is 1. The molecule has 1 saturated heterocycles. The Morgan fingerprint density at radius 3 is 2.84 bits per heavy atom. The highest BCUT2D eigenvalue weighted by Gasteiger charge is 2.29. The lowest BCUT2D eigenvalue weighted by Gasteiger charge is -2.34. The summed E-state index contributed by atoms with van der Waals surface area (Å²) >= 11 is 1.45. The monoisotopic (exact) mass is 369 g/mol. The van der Waals surface area contributed by atoms with Gasteiger partial charge in [-0.05, 0) is 26.3 Å². The molecule has 0 spiro atoms. The molecule has 1 unspecified atom stereocenters. The molecule has 0 radical (unpaired) electrons. The zero-order valence-corrected chi connectivity index (χ0v) is 16.1. The van der Waals surface area contributed by atoms with E-state index in [1.165, 1.54) is 11.3 Å². The van der Waals surface area contributed by atoms with Crippen LogP contribution in [0.25, 0.3) is 0 Å². The Labute approximate surface area is 152 Å². The molecular weight excluding hydrogens is 342 g/mol. The SMILES string of the molecule is Cc1nc(CC(C)C)c(C(=O)N2CCOC(CN(C)CC(=O)O)C2)s1. The summed E-state index contributed by atoms with van der Waals surface area (Å²) in [5, 5.41) is 9.76. The first kappa shape index (κ1) is 19.8. The number of aliphatic carboxylic acids is 1. The Morgan fingerprint density at radius 2 is 2.20 bits per heavy atom. The molecular formula is C17H27N3O4S. The van der Waals surface area contributed by atoms with Crippen LogP contribution in [0.4, 0.5) is 0 Å². The van der Waals surface area contributed by atoms with Crippen molar-refractivity contribution in [1.29, 1.82) is 0 Å². The predicted octanol–water partition coefficient (Wildman–Crippen LogP) is 1.51. The molecule has 0 bridgehead atoms. The van der Waals surface area contributed by atoms with E-state index < -0.39 is 5.97 Å². The standard InChI is InChI=1S/C17H27N3O4S/c1-11(2)7-14-16(25-12(3)18-14)17(23)20-5-6-24-13(9-20)8-19(4)10-15(21)22/h11,13H,5-10H2,1-4H3,(H,21,22). The smallest absolute Gasteiger partial charge is 0.317 e. The number of ether oxygens (including phenoxy) is 1. The van der Waals surface area contributed by atoms with Crippen molar-refractivity contribution in [2.24, 2.45) is 5.92 Å². The Balaban J connectivity index is 2.03. The molecule has 1 N–H and O–H groups in total. The number of amides is 1. The van der Waals surface area contributed by atoms with Gasteiger partial charge in [-0.15, -0.1) is 11.3 Å². The van der Waals surface area contributed by atoms with Gasteiger partial charge in [0.15, 0.2) is 0 Å². The first-order valence-corrected chi connectivity index (χ1v) is 9.35. The van der Waals surface area contributed by atoms with Crippen LogP contribution in [0, 0.1) is 12.8 Å². The molecule has 1 aromatic rings. The Kier molecular flexibility index (Phi) is 6.92. The van der Waals surface area contributed by atoms with Crippen molar-refractivity contribution < 1.29 is 19.4 Å². The number of hydrogen-bond donors (Lipinski definition) is 1. The molecule has 0 aromatic carbocycles. The Hall–Kier alpha value is -1.51. The number of carboxylic acids is 1. The van der Waals surface area contributed by atoms with Crippen LogP contribution in [0.2, 0.25) is 0 Å². The molecule has 140 valence electrons. The topological polar surface area (TPSA) is 83.0 Å². The van der Waals surface area contributed by atoms with Gasteiger partial charge in [-0.2, -0.15) is 0 Å². The highest BCUT2D eigenvalue weighted by Crippen LogP contribution is 2.23.